The number of rotatable bonds is 3. The number of ether oxygens (including phenoxy) is 1. The van der Waals surface area contributed by atoms with Crippen molar-refractivity contribution >= 4 is 16.9 Å². The standard InChI is InChI=1S/C11H16N6O/c12-10-8-7-13-16-11(8)15-9(14-10)1-2-17-3-5-18-6-4-17/h7H,1-6H2,(H3,12,13,14,15,16). The molecule has 2 aromatic heterocycles. The van der Waals surface area contributed by atoms with Gasteiger partial charge < -0.3 is 10.5 Å². The minimum atomic E-state index is 0.491. The predicted octanol–water partition coefficient (Wildman–Crippen LogP) is -0.190. The number of H-pyrrole nitrogens is 1. The van der Waals surface area contributed by atoms with Gasteiger partial charge in [-0.05, 0) is 0 Å². The van der Waals surface area contributed by atoms with Gasteiger partial charge in [-0.2, -0.15) is 5.10 Å². The lowest BCUT2D eigenvalue weighted by Gasteiger charge is -2.26. The van der Waals surface area contributed by atoms with Gasteiger partial charge in [0, 0.05) is 26.1 Å². The van der Waals surface area contributed by atoms with E-state index in [-0.39, 0.29) is 0 Å². The van der Waals surface area contributed by atoms with Crippen molar-refractivity contribution in [3.8, 4) is 0 Å². The van der Waals surface area contributed by atoms with Crippen LogP contribution in [0.5, 0.6) is 0 Å². The Kier molecular flexibility index (Phi) is 3.07. The Balaban J connectivity index is 1.70. The first-order valence-electron chi connectivity index (χ1n) is 6.08. The molecule has 0 radical (unpaired) electrons. The number of nitrogens with zero attached hydrogens (tertiary/aromatic N) is 4. The molecule has 3 N–H and O–H groups in total. The van der Waals surface area contributed by atoms with Crippen LogP contribution in [0, 0.1) is 0 Å². The van der Waals surface area contributed by atoms with Crippen molar-refractivity contribution in [2.75, 3.05) is 38.6 Å². The summed E-state index contributed by atoms with van der Waals surface area (Å²) in [6.07, 6.45) is 2.44. The average molecular weight is 248 g/mol. The zero-order valence-corrected chi connectivity index (χ0v) is 10.1. The molecule has 0 unspecified atom stereocenters. The number of aromatic amines is 1. The topological polar surface area (TPSA) is 93.0 Å². The van der Waals surface area contributed by atoms with E-state index >= 15 is 0 Å². The highest BCUT2D eigenvalue weighted by Crippen LogP contribution is 2.14. The maximum Gasteiger partial charge on any atom is 0.161 e. The third-order valence-electron chi connectivity index (χ3n) is 3.14. The van der Waals surface area contributed by atoms with Crippen molar-refractivity contribution in [3.63, 3.8) is 0 Å². The van der Waals surface area contributed by atoms with Crippen molar-refractivity contribution < 1.29 is 4.74 Å². The van der Waals surface area contributed by atoms with Gasteiger partial charge in [0.2, 0.25) is 0 Å². The fraction of sp³-hybridized carbons (Fsp3) is 0.545. The molecule has 0 saturated carbocycles. The molecule has 1 saturated heterocycles. The SMILES string of the molecule is Nc1nc(CCN2CCOCC2)nc2[nH]ncc12. The molecule has 3 heterocycles. The molecule has 0 spiro atoms. The minimum Gasteiger partial charge on any atom is -0.383 e. The van der Waals surface area contributed by atoms with Crippen molar-refractivity contribution in [1.82, 2.24) is 25.1 Å². The van der Waals surface area contributed by atoms with Crippen molar-refractivity contribution in [2.24, 2.45) is 0 Å². The third-order valence-corrected chi connectivity index (χ3v) is 3.14. The second-order valence-corrected chi connectivity index (χ2v) is 4.36. The number of nitrogens with two attached hydrogens (primary N) is 1. The van der Waals surface area contributed by atoms with Gasteiger partial charge in [-0.25, -0.2) is 9.97 Å². The van der Waals surface area contributed by atoms with Crippen LogP contribution in [0.4, 0.5) is 5.82 Å². The molecule has 1 fully saturated rings. The van der Waals surface area contributed by atoms with Crippen LogP contribution in [-0.4, -0.2) is 57.9 Å². The zero-order chi connectivity index (χ0) is 12.4. The first-order valence-corrected chi connectivity index (χ1v) is 6.08. The van der Waals surface area contributed by atoms with Gasteiger partial charge in [-0.3, -0.25) is 10.00 Å². The molecular weight excluding hydrogens is 232 g/mol. The largest absolute Gasteiger partial charge is 0.383 e. The van der Waals surface area contributed by atoms with E-state index in [0.29, 0.717) is 11.5 Å². The van der Waals surface area contributed by atoms with E-state index in [0.717, 1.165) is 50.5 Å². The third kappa shape index (κ3) is 2.27. The van der Waals surface area contributed by atoms with Gasteiger partial charge >= 0.3 is 0 Å². The molecule has 7 heteroatoms. The van der Waals surface area contributed by atoms with E-state index in [1.807, 2.05) is 0 Å². The van der Waals surface area contributed by atoms with Crippen molar-refractivity contribution in [2.45, 2.75) is 6.42 Å². The van der Waals surface area contributed by atoms with E-state index in [1.54, 1.807) is 6.20 Å². The lowest BCUT2D eigenvalue weighted by atomic mass is 10.3. The molecule has 0 aliphatic carbocycles. The second-order valence-electron chi connectivity index (χ2n) is 4.36. The van der Waals surface area contributed by atoms with Crippen molar-refractivity contribution in [1.29, 1.82) is 0 Å². The molecule has 3 rings (SSSR count). The number of hydrogen-bond donors (Lipinski definition) is 2. The number of nitrogen functional groups attached to an aromatic ring is 1. The molecule has 2 aromatic rings. The average Bonchev–Trinajstić information content (AvgIpc) is 2.86. The maximum absolute atomic E-state index is 5.87. The van der Waals surface area contributed by atoms with Gasteiger partial charge in [0.05, 0.1) is 24.8 Å². The van der Waals surface area contributed by atoms with Crippen LogP contribution in [0.2, 0.25) is 0 Å². The molecular formula is C11H16N6O. The minimum absolute atomic E-state index is 0.491. The molecule has 96 valence electrons. The fourth-order valence-electron chi connectivity index (χ4n) is 2.10. The zero-order valence-electron chi connectivity index (χ0n) is 10.1. The molecule has 0 atom stereocenters. The Morgan fingerprint density at radius 3 is 3.00 bits per heavy atom. The molecule has 0 amide bonds. The Bertz CT molecular complexity index is 533. The summed E-state index contributed by atoms with van der Waals surface area (Å²) < 4.78 is 5.31. The van der Waals surface area contributed by atoms with Gasteiger partial charge in [0.1, 0.15) is 11.6 Å². The van der Waals surface area contributed by atoms with Crippen LogP contribution < -0.4 is 5.73 Å². The number of morpholine rings is 1. The first-order chi connectivity index (χ1) is 8.83. The molecule has 0 bridgehead atoms. The van der Waals surface area contributed by atoms with Crippen LogP contribution >= 0.6 is 0 Å². The summed E-state index contributed by atoms with van der Waals surface area (Å²) >= 11 is 0. The number of aromatic nitrogens is 4. The molecule has 1 aliphatic heterocycles. The van der Waals surface area contributed by atoms with Gasteiger partial charge in [-0.15, -0.1) is 0 Å². The summed E-state index contributed by atoms with van der Waals surface area (Å²) in [6.45, 7) is 4.50. The summed E-state index contributed by atoms with van der Waals surface area (Å²) in [6, 6.07) is 0. The van der Waals surface area contributed by atoms with E-state index in [1.165, 1.54) is 0 Å². The Hall–Kier alpha value is -1.73. The second kappa shape index (κ2) is 4.87. The summed E-state index contributed by atoms with van der Waals surface area (Å²) in [5, 5.41) is 7.53. The number of anilines is 1. The summed E-state index contributed by atoms with van der Waals surface area (Å²) in [4.78, 5) is 11.1. The highest BCUT2D eigenvalue weighted by molar-refractivity contribution is 5.84. The summed E-state index contributed by atoms with van der Waals surface area (Å²) in [7, 11) is 0. The Labute approximate surface area is 104 Å². The van der Waals surface area contributed by atoms with Gasteiger partial charge in [0.15, 0.2) is 5.65 Å². The highest BCUT2D eigenvalue weighted by Gasteiger charge is 2.12. The summed E-state index contributed by atoms with van der Waals surface area (Å²) in [5.41, 5.74) is 6.57. The molecule has 0 aromatic carbocycles. The smallest absolute Gasteiger partial charge is 0.161 e. The van der Waals surface area contributed by atoms with Crippen LogP contribution in [-0.2, 0) is 11.2 Å². The number of hydrogen-bond acceptors (Lipinski definition) is 6. The van der Waals surface area contributed by atoms with Crippen molar-refractivity contribution in [3.05, 3.63) is 12.0 Å². The summed E-state index contributed by atoms with van der Waals surface area (Å²) in [5.74, 6) is 1.25. The van der Waals surface area contributed by atoms with E-state index in [4.69, 9.17) is 10.5 Å². The lowest BCUT2D eigenvalue weighted by Crippen LogP contribution is -2.37. The van der Waals surface area contributed by atoms with E-state index in [2.05, 4.69) is 25.1 Å². The molecule has 18 heavy (non-hydrogen) atoms. The monoisotopic (exact) mass is 248 g/mol. The first kappa shape index (κ1) is 11.4. The number of fused-ring (bicyclic) bond motifs is 1. The fourth-order valence-corrected chi connectivity index (χ4v) is 2.10. The Morgan fingerprint density at radius 1 is 1.33 bits per heavy atom. The maximum atomic E-state index is 5.87. The lowest BCUT2D eigenvalue weighted by molar-refractivity contribution is 0.0382. The Morgan fingerprint density at radius 2 is 2.17 bits per heavy atom. The van der Waals surface area contributed by atoms with Gasteiger partial charge in [-0.1, -0.05) is 0 Å². The molecule has 7 nitrogen and oxygen atoms in total. The van der Waals surface area contributed by atoms with Crippen LogP contribution in [0.3, 0.4) is 0 Å². The van der Waals surface area contributed by atoms with Crippen LogP contribution in [0.15, 0.2) is 6.20 Å². The predicted molar refractivity (Wildman–Crippen MR) is 67.1 cm³/mol. The van der Waals surface area contributed by atoms with Crippen LogP contribution in [0.1, 0.15) is 5.82 Å². The van der Waals surface area contributed by atoms with Crippen LogP contribution in [0.25, 0.3) is 11.0 Å². The van der Waals surface area contributed by atoms with E-state index in [9.17, 15) is 0 Å². The van der Waals surface area contributed by atoms with Gasteiger partial charge in [0.25, 0.3) is 0 Å². The molecule has 1 aliphatic rings. The number of nitrogens with one attached hydrogen (secondary N) is 1. The quantitative estimate of drug-likeness (QED) is 0.782. The highest BCUT2D eigenvalue weighted by atomic mass is 16.5. The van der Waals surface area contributed by atoms with E-state index < -0.39 is 0 Å². The normalized spacial score (nSPS) is 17.3.